The Hall–Kier alpha value is -1.77. The highest BCUT2D eigenvalue weighted by Gasteiger charge is 2.36. The molecule has 124 valence electrons. The fraction of sp³-hybridized carbons (Fsp3) is 0.400. The van der Waals surface area contributed by atoms with Crippen molar-refractivity contribution in [1.82, 2.24) is 19.2 Å². The molecule has 1 fully saturated rings. The Bertz CT molecular complexity index is 799. The second-order valence-electron chi connectivity index (χ2n) is 5.63. The summed E-state index contributed by atoms with van der Waals surface area (Å²) >= 11 is 0. The maximum absolute atomic E-state index is 13.5. The largest absolute Gasteiger partial charge is 0.337 e. The van der Waals surface area contributed by atoms with Crippen molar-refractivity contribution >= 4 is 10.0 Å². The Balaban J connectivity index is 2.01. The lowest BCUT2D eigenvalue weighted by molar-refractivity contribution is 0.270. The number of benzene rings is 1. The predicted molar refractivity (Wildman–Crippen MR) is 83.8 cm³/mol. The first-order chi connectivity index (χ1) is 10.9. The zero-order valence-electron chi connectivity index (χ0n) is 13.0. The molecule has 0 saturated carbocycles. The van der Waals surface area contributed by atoms with Gasteiger partial charge in [-0.15, -0.1) is 0 Å². The Morgan fingerprint density at radius 2 is 2.17 bits per heavy atom. The molecule has 0 radical (unpaired) electrons. The maximum Gasteiger partial charge on any atom is 0.262 e. The van der Waals surface area contributed by atoms with Gasteiger partial charge in [0, 0.05) is 32.9 Å². The van der Waals surface area contributed by atoms with Crippen molar-refractivity contribution in [3.8, 4) is 0 Å². The Kier molecular flexibility index (Phi) is 4.22. The topological polar surface area (TPSA) is 67.2 Å². The van der Waals surface area contributed by atoms with Crippen LogP contribution >= 0.6 is 0 Å². The Morgan fingerprint density at radius 1 is 1.39 bits per heavy atom. The summed E-state index contributed by atoms with van der Waals surface area (Å²) in [4.78, 5) is 4.14. The number of nitrogens with one attached hydrogen (secondary N) is 1. The molecule has 1 aromatic heterocycles. The van der Waals surface area contributed by atoms with Crippen LogP contribution in [0.15, 0.2) is 35.5 Å². The molecule has 8 heteroatoms. The summed E-state index contributed by atoms with van der Waals surface area (Å²) in [6.45, 7) is 3.06. The van der Waals surface area contributed by atoms with E-state index in [1.54, 1.807) is 30.7 Å². The molecular formula is C15H19FN4O2S. The zero-order chi connectivity index (χ0) is 16.6. The minimum atomic E-state index is -3.73. The summed E-state index contributed by atoms with van der Waals surface area (Å²) in [5, 5.41) is 3.20. The summed E-state index contributed by atoms with van der Waals surface area (Å²) in [6, 6.07) is 5.61. The zero-order valence-corrected chi connectivity index (χ0v) is 13.8. The number of imidazole rings is 1. The van der Waals surface area contributed by atoms with Crippen LogP contribution in [0, 0.1) is 12.7 Å². The number of aromatic nitrogens is 2. The monoisotopic (exact) mass is 338 g/mol. The van der Waals surface area contributed by atoms with Crippen molar-refractivity contribution in [2.45, 2.75) is 18.0 Å². The third kappa shape index (κ3) is 3.01. The number of hydrogen-bond acceptors (Lipinski definition) is 4. The highest BCUT2D eigenvalue weighted by atomic mass is 32.2. The highest BCUT2D eigenvalue weighted by molar-refractivity contribution is 7.89. The number of sulfonamides is 1. The Morgan fingerprint density at radius 3 is 2.83 bits per heavy atom. The van der Waals surface area contributed by atoms with Gasteiger partial charge < -0.3 is 9.88 Å². The number of piperazine rings is 1. The van der Waals surface area contributed by atoms with E-state index < -0.39 is 16.1 Å². The normalized spacial score (nSPS) is 19.9. The smallest absolute Gasteiger partial charge is 0.262 e. The molecular weight excluding hydrogens is 319 g/mol. The molecule has 3 rings (SSSR count). The number of hydrogen-bond donors (Lipinski definition) is 1. The number of aryl methyl sites for hydroxylation is 2. The second kappa shape index (κ2) is 6.03. The maximum atomic E-state index is 13.5. The van der Waals surface area contributed by atoms with Crippen LogP contribution in [0.1, 0.15) is 17.4 Å². The summed E-state index contributed by atoms with van der Waals surface area (Å²) in [6.07, 6.45) is 1.51. The van der Waals surface area contributed by atoms with Gasteiger partial charge in [0.15, 0.2) is 5.03 Å². The minimum Gasteiger partial charge on any atom is -0.337 e. The molecule has 1 N–H and O–H groups in total. The molecule has 2 heterocycles. The summed E-state index contributed by atoms with van der Waals surface area (Å²) in [7, 11) is -1.98. The van der Waals surface area contributed by atoms with Crippen molar-refractivity contribution < 1.29 is 12.8 Å². The van der Waals surface area contributed by atoms with Crippen LogP contribution in [-0.4, -0.2) is 41.9 Å². The molecule has 1 aliphatic heterocycles. The Labute approximate surface area is 135 Å². The molecule has 0 bridgehead atoms. The molecule has 1 aromatic carbocycles. The van der Waals surface area contributed by atoms with E-state index in [2.05, 4.69) is 10.3 Å². The minimum absolute atomic E-state index is 0.0285. The van der Waals surface area contributed by atoms with Crippen molar-refractivity contribution in [2.24, 2.45) is 7.05 Å². The van der Waals surface area contributed by atoms with Crippen LogP contribution in [0.2, 0.25) is 0 Å². The van der Waals surface area contributed by atoms with Crippen LogP contribution in [0.4, 0.5) is 4.39 Å². The predicted octanol–water partition coefficient (Wildman–Crippen LogP) is 1.20. The van der Waals surface area contributed by atoms with Gasteiger partial charge in [0.25, 0.3) is 10.0 Å². The summed E-state index contributed by atoms with van der Waals surface area (Å²) in [5.41, 5.74) is 0.633. The van der Waals surface area contributed by atoms with E-state index in [1.165, 1.54) is 22.6 Å². The average molecular weight is 338 g/mol. The first kappa shape index (κ1) is 16.1. The van der Waals surface area contributed by atoms with Gasteiger partial charge in [0.2, 0.25) is 0 Å². The van der Waals surface area contributed by atoms with Crippen LogP contribution in [0.5, 0.6) is 0 Å². The van der Waals surface area contributed by atoms with E-state index in [0.29, 0.717) is 31.0 Å². The van der Waals surface area contributed by atoms with Crippen LogP contribution < -0.4 is 5.32 Å². The fourth-order valence-electron chi connectivity index (χ4n) is 2.74. The summed E-state index contributed by atoms with van der Waals surface area (Å²) in [5.74, 6) is 0.250. The van der Waals surface area contributed by atoms with Crippen LogP contribution in [0.3, 0.4) is 0 Å². The molecule has 6 nitrogen and oxygen atoms in total. The average Bonchev–Trinajstić information content (AvgIpc) is 2.87. The van der Waals surface area contributed by atoms with Gasteiger partial charge in [-0.05, 0) is 24.6 Å². The van der Waals surface area contributed by atoms with Gasteiger partial charge in [0.1, 0.15) is 11.6 Å². The third-order valence-corrected chi connectivity index (χ3v) is 5.87. The quantitative estimate of drug-likeness (QED) is 0.913. The van der Waals surface area contributed by atoms with E-state index in [0.717, 1.165) is 0 Å². The van der Waals surface area contributed by atoms with E-state index in [1.807, 2.05) is 0 Å². The lowest BCUT2D eigenvalue weighted by Crippen LogP contribution is -2.48. The van der Waals surface area contributed by atoms with Gasteiger partial charge in [-0.2, -0.15) is 4.31 Å². The first-order valence-electron chi connectivity index (χ1n) is 7.37. The lowest BCUT2D eigenvalue weighted by atomic mass is 10.1. The third-order valence-electron chi connectivity index (χ3n) is 4.09. The van der Waals surface area contributed by atoms with E-state index in [4.69, 9.17) is 0 Å². The van der Waals surface area contributed by atoms with Gasteiger partial charge in [-0.1, -0.05) is 12.1 Å². The first-order valence-corrected chi connectivity index (χ1v) is 8.81. The highest BCUT2D eigenvalue weighted by Crippen LogP contribution is 2.28. The SMILES string of the molecule is Cc1nc(S(=O)(=O)N2CCNCC2c2cccc(F)c2)cn1C. The van der Waals surface area contributed by atoms with Gasteiger partial charge >= 0.3 is 0 Å². The second-order valence-corrected chi connectivity index (χ2v) is 7.47. The molecule has 23 heavy (non-hydrogen) atoms. The number of nitrogens with zero attached hydrogens (tertiary/aromatic N) is 3. The molecule has 0 spiro atoms. The van der Waals surface area contributed by atoms with Crippen molar-refractivity contribution in [3.05, 3.63) is 47.7 Å². The standard InChI is InChI=1S/C15H19FN4O2S/c1-11-18-15(10-19(11)2)23(21,22)20-7-6-17-9-14(20)12-4-3-5-13(16)8-12/h3-5,8,10,14,17H,6-7,9H2,1-2H3. The van der Waals surface area contributed by atoms with Crippen molar-refractivity contribution in [2.75, 3.05) is 19.6 Å². The molecule has 0 aliphatic carbocycles. The molecule has 1 atom stereocenters. The fourth-order valence-corrected chi connectivity index (χ4v) is 4.38. The molecule has 1 unspecified atom stereocenters. The lowest BCUT2D eigenvalue weighted by Gasteiger charge is -2.34. The van der Waals surface area contributed by atoms with E-state index in [-0.39, 0.29) is 10.8 Å². The summed E-state index contributed by atoms with van der Waals surface area (Å²) < 4.78 is 42.5. The van der Waals surface area contributed by atoms with Gasteiger partial charge in [-0.25, -0.2) is 17.8 Å². The molecule has 0 amide bonds. The molecule has 1 saturated heterocycles. The van der Waals surface area contributed by atoms with Gasteiger partial charge in [0.05, 0.1) is 6.04 Å². The van der Waals surface area contributed by atoms with E-state index >= 15 is 0 Å². The molecule has 1 aliphatic rings. The van der Waals surface area contributed by atoms with E-state index in [9.17, 15) is 12.8 Å². The molecule has 2 aromatic rings. The van der Waals surface area contributed by atoms with Crippen LogP contribution in [0.25, 0.3) is 0 Å². The number of rotatable bonds is 3. The van der Waals surface area contributed by atoms with Crippen LogP contribution in [-0.2, 0) is 17.1 Å². The number of halogens is 1. The van der Waals surface area contributed by atoms with Crippen molar-refractivity contribution in [1.29, 1.82) is 0 Å². The van der Waals surface area contributed by atoms with Crippen molar-refractivity contribution in [3.63, 3.8) is 0 Å². The van der Waals surface area contributed by atoms with Gasteiger partial charge in [-0.3, -0.25) is 0 Å².